The van der Waals surface area contributed by atoms with Gasteiger partial charge in [-0.05, 0) is 24.5 Å². The molecule has 1 rings (SSSR count). The summed E-state index contributed by atoms with van der Waals surface area (Å²) in [5, 5.41) is 0.684. The summed E-state index contributed by atoms with van der Waals surface area (Å²) < 4.78 is 0. The number of rotatable bonds is 1. The summed E-state index contributed by atoms with van der Waals surface area (Å²) in [6.45, 7) is 0. The van der Waals surface area contributed by atoms with E-state index >= 15 is 0 Å². The summed E-state index contributed by atoms with van der Waals surface area (Å²) in [6, 6.07) is 0. The quantitative estimate of drug-likeness (QED) is 0.512. The predicted octanol–water partition coefficient (Wildman–Crippen LogP) is 2.03. The van der Waals surface area contributed by atoms with Crippen LogP contribution in [0.5, 0.6) is 0 Å². The van der Waals surface area contributed by atoms with Gasteiger partial charge in [0.05, 0.1) is 0 Å². The molecule has 1 aliphatic carbocycles. The molecule has 0 aromatic carbocycles. The molecule has 0 heterocycles. The van der Waals surface area contributed by atoms with E-state index in [1.165, 1.54) is 0 Å². The van der Waals surface area contributed by atoms with Crippen LogP contribution in [0.4, 0.5) is 0 Å². The van der Waals surface area contributed by atoms with Crippen molar-refractivity contribution in [2.45, 2.75) is 12.8 Å². The molecule has 2 heteroatoms. The van der Waals surface area contributed by atoms with Gasteiger partial charge in [-0.1, -0.05) is 17.7 Å². The lowest BCUT2D eigenvalue weighted by Gasteiger charge is -2.01. The minimum Gasteiger partial charge on any atom is -0.298 e. The lowest BCUT2D eigenvalue weighted by atomic mass is 10.1. The molecule has 9 heavy (non-hydrogen) atoms. The van der Waals surface area contributed by atoms with E-state index in [1.807, 2.05) is 6.08 Å². The normalized spacial score (nSPS) is 18.3. The van der Waals surface area contributed by atoms with Crippen LogP contribution < -0.4 is 0 Å². The van der Waals surface area contributed by atoms with E-state index in [2.05, 4.69) is 0 Å². The Morgan fingerprint density at radius 3 is 2.89 bits per heavy atom. The van der Waals surface area contributed by atoms with Gasteiger partial charge in [0.25, 0.3) is 0 Å². The maximum absolute atomic E-state index is 10.2. The Labute approximate surface area is 59.0 Å². The van der Waals surface area contributed by atoms with Crippen LogP contribution in [0.1, 0.15) is 12.8 Å². The first kappa shape index (κ1) is 6.56. The summed E-state index contributed by atoms with van der Waals surface area (Å²) in [4.78, 5) is 10.2. The highest BCUT2D eigenvalue weighted by Crippen LogP contribution is 2.17. The number of allylic oxidation sites excluding steroid dienone is 4. The topological polar surface area (TPSA) is 17.1 Å². The Morgan fingerprint density at radius 1 is 1.67 bits per heavy atom. The molecule has 0 bridgehead atoms. The van der Waals surface area contributed by atoms with Crippen LogP contribution >= 0.6 is 11.6 Å². The van der Waals surface area contributed by atoms with Crippen LogP contribution in [-0.4, -0.2) is 6.29 Å². The van der Waals surface area contributed by atoms with Crippen molar-refractivity contribution >= 4 is 17.9 Å². The van der Waals surface area contributed by atoms with Crippen molar-refractivity contribution in [2.75, 3.05) is 0 Å². The maximum atomic E-state index is 10.2. The van der Waals surface area contributed by atoms with Crippen molar-refractivity contribution in [1.82, 2.24) is 0 Å². The molecule has 0 N–H and O–H groups in total. The Balaban J connectivity index is 2.74. The third-order valence-electron chi connectivity index (χ3n) is 1.25. The molecule has 0 unspecified atom stereocenters. The van der Waals surface area contributed by atoms with Crippen LogP contribution in [-0.2, 0) is 4.79 Å². The molecule has 0 amide bonds. The van der Waals surface area contributed by atoms with Crippen LogP contribution in [0.25, 0.3) is 0 Å². The van der Waals surface area contributed by atoms with Gasteiger partial charge in [0.15, 0.2) is 0 Å². The molecule has 0 saturated carbocycles. The number of carbonyl (C=O) groups is 1. The summed E-state index contributed by atoms with van der Waals surface area (Å²) in [6.07, 6.45) is 6.20. The molecule has 1 aliphatic rings. The molecule has 0 aromatic rings. The van der Waals surface area contributed by atoms with Crippen molar-refractivity contribution in [3.05, 3.63) is 22.8 Å². The Morgan fingerprint density at radius 2 is 2.44 bits per heavy atom. The molecule has 0 spiro atoms. The zero-order chi connectivity index (χ0) is 6.69. The van der Waals surface area contributed by atoms with E-state index in [9.17, 15) is 4.79 Å². The summed E-state index contributed by atoms with van der Waals surface area (Å²) in [7, 11) is 0. The number of halogens is 1. The van der Waals surface area contributed by atoms with Gasteiger partial charge in [0.2, 0.25) is 0 Å². The lowest BCUT2D eigenvalue weighted by Crippen LogP contribution is -1.89. The van der Waals surface area contributed by atoms with Gasteiger partial charge in [-0.15, -0.1) is 0 Å². The van der Waals surface area contributed by atoms with E-state index in [0.29, 0.717) is 5.03 Å². The average Bonchev–Trinajstić information content (AvgIpc) is 1.88. The Bertz CT molecular complexity index is 179. The zero-order valence-electron chi connectivity index (χ0n) is 4.93. The molecular formula is C7H7ClO. The number of carbonyl (C=O) groups excluding carboxylic acids is 1. The summed E-state index contributed by atoms with van der Waals surface area (Å²) in [5.74, 6) is 0. The summed E-state index contributed by atoms with van der Waals surface area (Å²) >= 11 is 5.62. The maximum Gasteiger partial charge on any atom is 0.146 e. The first-order valence-electron chi connectivity index (χ1n) is 2.84. The SMILES string of the molecule is O=CC1=CC(Cl)=CCC1. The molecule has 0 aromatic heterocycles. The van der Waals surface area contributed by atoms with Crippen molar-refractivity contribution < 1.29 is 4.79 Å². The number of aldehydes is 1. The average molecular weight is 143 g/mol. The highest BCUT2D eigenvalue weighted by Gasteiger charge is 2.00. The molecule has 0 fully saturated rings. The minimum atomic E-state index is 0.684. The van der Waals surface area contributed by atoms with Crippen molar-refractivity contribution in [2.24, 2.45) is 0 Å². The van der Waals surface area contributed by atoms with Gasteiger partial charge in [0.1, 0.15) is 6.29 Å². The van der Waals surface area contributed by atoms with Crippen LogP contribution in [0.3, 0.4) is 0 Å². The minimum absolute atomic E-state index is 0.684. The van der Waals surface area contributed by atoms with Gasteiger partial charge >= 0.3 is 0 Å². The van der Waals surface area contributed by atoms with E-state index < -0.39 is 0 Å². The summed E-state index contributed by atoms with van der Waals surface area (Å²) in [5.41, 5.74) is 0.794. The van der Waals surface area contributed by atoms with Gasteiger partial charge in [0, 0.05) is 5.03 Å². The fourth-order valence-corrected chi connectivity index (χ4v) is 1.03. The van der Waals surface area contributed by atoms with E-state index in [1.54, 1.807) is 6.08 Å². The van der Waals surface area contributed by atoms with Gasteiger partial charge in [-0.25, -0.2) is 0 Å². The number of hydrogen-bond acceptors (Lipinski definition) is 1. The zero-order valence-corrected chi connectivity index (χ0v) is 5.69. The Hall–Kier alpha value is -0.560. The standard InChI is InChI=1S/C7H7ClO/c8-7-3-1-2-6(4-7)5-9/h3-5H,1-2H2. The second kappa shape index (κ2) is 2.83. The van der Waals surface area contributed by atoms with Crippen molar-refractivity contribution in [3.8, 4) is 0 Å². The van der Waals surface area contributed by atoms with Gasteiger partial charge in [-0.2, -0.15) is 0 Å². The third-order valence-corrected chi connectivity index (χ3v) is 1.51. The van der Waals surface area contributed by atoms with E-state index in [-0.39, 0.29) is 0 Å². The molecule has 0 radical (unpaired) electrons. The molecule has 0 aliphatic heterocycles. The second-order valence-electron chi connectivity index (χ2n) is 1.96. The van der Waals surface area contributed by atoms with Crippen molar-refractivity contribution in [1.29, 1.82) is 0 Å². The molecule has 0 atom stereocenters. The van der Waals surface area contributed by atoms with Crippen LogP contribution in [0, 0.1) is 0 Å². The monoisotopic (exact) mass is 142 g/mol. The Kier molecular flexibility index (Phi) is 2.06. The first-order valence-corrected chi connectivity index (χ1v) is 3.22. The fourth-order valence-electron chi connectivity index (χ4n) is 0.778. The van der Waals surface area contributed by atoms with Crippen LogP contribution in [0.2, 0.25) is 0 Å². The third kappa shape index (κ3) is 1.68. The predicted molar refractivity (Wildman–Crippen MR) is 37.3 cm³/mol. The smallest absolute Gasteiger partial charge is 0.146 e. The van der Waals surface area contributed by atoms with Gasteiger partial charge < -0.3 is 0 Å². The van der Waals surface area contributed by atoms with Gasteiger partial charge in [-0.3, -0.25) is 4.79 Å². The first-order chi connectivity index (χ1) is 4.33. The molecule has 0 saturated heterocycles. The molecule has 48 valence electrons. The molecule has 1 nitrogen and oxygen atoms in total. The lowest BCUT2D eigenvalue weighted by molar-refractivity contribution is -0.105. The van der Waals surface area contributed by atoms with Crippen LogP contribution in [0.15, 0.2) is 22.8 Å². The van der Waals surface area contributed by atoms with E-state index in [4.69, 9.17) is 11.6 Å². The number of hydrogen-bond donors (Lipinski definition) is 0. The van der Waals surface area contributed by atoms with E-state index in [0.717, 1.165) is 24.7 Å². The second-order valence-corrected chi connectivity index (χ2v) is 2.40. The highest BCUT2D eigenvalue weighted by atomic mass is 35.5. The molecular weight excluding hydrogens is 136 g/mol. The fraction of sp³-hybridized carbons (Fsp3) is 0.286. The highest BCUT2D eigenvalue weighted by molar-refractivity contribution is 6.31. The largest absolute Gasteiger partial charge is 0.298 e. The van der Waals surface area contributed by atoms with Crippen molar-refractivity contribution in [3.63, 3.8) is 0 Å².